The number of nitrogens with one attached hydrogen (secondary N) is 1. The summed E-state index contributed by atoms with van der Waals surface area (Å²) in [4.78, 5) is 65.6. The molecule has 2 saturated carbocycles. The van der Waals surface area contributed by atoms with Crippen LogP contribution in [0.1, 0.15) is 42.6 Å². The van der Waals surface area contributed by atoms with Crippen molar-refractivity contribution in [2.45, 2.75) is 39.7 Å². The number of rotatable bonds is 4. The lowest BCUT2D eigenvalue weighted by molar-refractivity contribution is -0.157. The van der Waals surface area contributed by atoms with Gasteiger partial charge in [-0.2, -0.15) is 5.01 Å². The maximum absolute atomic E-state index is 13.4. The van der Waals surface area contributed by atoms with E-state index in [2.05, 4.69) is 5.43 Å². The van der Waals surface area contributed by atoms with Crippen LogP contribution in [0.25, 0.3) is 0 Å². The van der Waals surface area contributed by atoms with E-state index in [1.54, 1.807) is 26.8 Å². The Bertz CT molecular complexity index is 1040. The molecule has 2 aliphatic carbocycles. The Kier molecular flexibility index (Phi) is 4.44. The number of hydrogen-bond donors (Lipinski definition) is 2. The number of benzene rings is 1. The van der Waals surface area contributed by atoms with Crippen molar-refractivity contribution in [3.05, 3.63) is 29.3 Å². The summed E-state index contributed by atoms with van der Waals surface area (Å²) in [6, 6.07) is 4.27. The molecule has 1 aromatic carbocycles. The lowest BCUT2D eigenvalue weighted by atomic mass is 9.83. The van der Waals surface area contributed by atoms with Crippen LogP contribution in [0.5, 0.6) is 0 Å². The molecule has 0 aromatic heterocycles. The van der Waals surface area contributed by atoms with Crippen molar-refractivity contribution >= 4 is 35.3 Å². The number of hydrogen-bond acceptors (Lipinski definition) is 6. The lowest BCUT2D eigenvalue weighted by Crippen LogP contribution is -2.54. The van der Waals surface area contributed by atoms with Gasteiger partial charge in [0.1, 0.15) is 0 Å². The molecule has 9 nitrogen and oxygen atoms in total. The van der Waals surface area contributed by atoms with Gasteiger partial charge in [-0.25, -0.2) is 4.79 Å². The topological polar surface area (TPSA) is 124 Å². The molecule has 6 atom stereocenters. The number of aromatic carboxylic acids is 1. The molecule has 1 aromatic rings. The molecule has 2 heterocycles. The molecule has 32 heavy (non-hydrogen) atoms. The molecule has 4 aliphatic rings. The first-order valence-electron chi connectivity index (χ1n) is 11.0. The monoisotopic (exact) mass is 439 g/mol. The highest BCUT2D eigenvalue weighted by atomic mass is 16.4. The van der Waals surface area contributed by atoms with Crippen molar-refractivity contribution < 1.29 is 29.1 Å². The van der Waals surface area contributed by atoms with Crippen molar-refractivity contribution in [2.24, 2.45) is 35.5 Å². The fourth-order valence-corrected chi connectivity index (χ4v) is 6.50. The van der Waals surface area contributed by atoms with Crippen LogP contribution in [-0.2, 0) is 19.2 Å². The maximum atomic E-state index is 13.4. The van der Waals surface area contributed by atoms with Gasteiger partial charge in [0.2, 0.25) is 11.8 Å². The van der Waals surface area contributed by atoms with E-state index < -0.39 is 41.5 Å². The van der Waals surface area contributed by atoms with E-state index in [1.165, 1.54) is 17.0 Å². The van der Waals surface area contributed by atoms with Crippen LogP contribution in [0.2, 0.25) is 0 Å². The number of hydrazine groups is 1. The summed E-state index contributed by atoms with van der Waals surface area (Å²) >= 11 is 0. The number of carbonyl (C=O) groups is 5. The minimum absolute atomic E-state index is 0.0451. The Balaban J connectivity index is 1.47. The molecule has 2 saturated heterocycles. The van der Waals surface area contributed by atoms with Crippen LogP contribution in [-0.4, -0.2) is 50.7 Å². The van der Waals surface area contributed by atoms with Crippen molar-refractivity contribution in [2.75, 3.05) is 5.43 Å². The number of carbonyl (C=O) groups excluding carboxylic acids is 4. The molecular weight excluding hydrogens is 414 g/mol. The van der Waals surface area contributed by atoms with Gasteiger partial charge in [-0.05, 0) is 69.2 Å². The normalized spacial score (nSPS) is 33.2. The summed E-state index contributed by atoms with van der Waals surface area (Å²) < 4.78 is 0. The van der Waals surface area contributed by atoms with E-state index in [0.717, 1.165) is 5.01 Å². The predicted molar refractivity (Wildman–Crippen MR) is 111 cm³/mol. The van der Waals surface area contributed by atoms with Crippen molar-refractivity contribution in [3.63, 3.8) is 0 Å². The first-order valence-corrected chi connectivity index (χ1v) is 11.0. The quantitative estimate of drug-likeness (QED) is 0.540. The first kappa shape index (κ1) is 20.7. The zero-order valence-corrected chi connectivity index (χ0v) is 18.1. The Morgan fingerprint density at radius 3 is 1.88 bits per heavy atom. The number of aryl methyl sites for hydroxylation is 1. The molecule has 6 unspecified atom stereocenters. The number of fused-ring (bicyclic) bond motifs is 9. The van der Waals surface area contributed by atoms with Crippen LogP contribution in [0, 0.1) is 42.4 Å². The number of piperidine rings is 2. The maximum Gasteiger partial charge on any atom is 0.335 e. The lowest BCUT2D eigenvalue weighted by Gasteiger charge is -2.37. The second kappa shape index (κ2) is 6.88. The highest BCUT2D eigenvalue weighted by Crippen LogP contribution is 2.61. The molecule has 0 radical (unpaired) electrons. The number of anilines is 1. The average molecular weight is 439 g/mol. The first-order chi connectivity index (χ1) is 15.1. The molecule has 168 valence electrons. The largest absolute Gasteiger partial charge is 0.478 e. The molecule has 5 rings (SSSR count). The summed E-state index contributed by atoms with van der Waals surface area (Å²) in [5, 5.41) is 10.3. The van der Waals surface area contributed by atoms with Gasteiger partial charge in [0, 0.05) is 29.7 Å². The third-order valence-corrected chi connectivity index (χ3v) is 7.58. The van der Waals surface area contributed by atoms with Gasteiger partial charge in [-0.1, -0.05) is 0 Å². The zero-order valence-electron chi connectivity index (χ0n) is 18.1. The summed E-state index contributed by atoms with van der Waals surface area (Å²) in [6.07, 6.45) is 0.770. The second-order valence-electron chi connectivity index (χ2n) is 9.71. The third kappa shape index (κ3) is 2.73. The molecule has 4 fully saturated rings. The fraction of sp³-hybridized carbons (Fsp3) is 0.522. The van der Waals surface area contributed by atoms with E-state index in [9.17, 15) is 29.1 Å². The van der Waals surface area contributed by atoms with E-state index in [0.29, 0.717) is 24.1 Å². The minimum Gasteiger partial charge on any atom is -0.478 e. The number of carboxylic acids is 1. The van der Waals surface area contributed by atoms with Crippen LogP contribution >= 0.6 is 0 Å². The summed E-state index contributed by atoms with van der Waals surface area (Å²) in [5.41, 5.74) is 3.86. The summed E-state index contributed by atoms with van der Waals surface area (Å²) in [6.45, 7) is 5.32. The van der Waals surface area contributed by atoms with Gasteiger partial charge >= 0.3 is 5.97 Å². The number of imide groups is 2. The van der Waals surface area contributed by atoms with E-state index in [-0.39, 0.29) is 35.3 Å². The van der Waals surface area contributed by atoms with Crippen molar-refractivity contribution in [1.29, 1.82) is 0 Å². The Hall–Kier alpha value is -3.23. The average Bonchev–Trinajstić information content (AvgIpc) is 3.24. The van der Waals surface area contributed by atoms with Gasteiger partial charge in [-0.15, -0.1) is 0 Å². The highest BCUT2D eigenvalue weighted by molar-refractivity contribution is 6.06. The van der Waals surface area contributed by atoms with Crippen LogP contribution in [0.3, 0.4) is 0 Å². The summed E-state index contributed by atoms with van der Waals surface area (Å²) in [5.74, 6) is -4.92. The molecule has 2 aliphatic heterocycles. The third-order valence-electron chi connectivity index (χ3n) is 7.58. The van der Waals surface area contributed by atoms with E-state index in [4.69, 9.17) is 0 Å². The van der Waals surface area contributed by atoms with Gasteiger partial charge < -0.3 is 5.11 Å². The van der Waals surface area contributed by atoms with Gasteiger partial charge in [-0.3, -0.25) is 29.5 Å². The zero-order chi connectivity index (χ0) is 23.1. The molecule has 9 heteroatoms. The number of amides is 4. The Labute approximate surface area is 184 Å². The predicted octanol–water partition coefficient (Wildman–Crippen LogP) is 1.67. The minimum atomic E-state index is -1.11. The standard InChI is InChI=1S/C23H25N3O6/c1-9(2)25-19(27)13-7-14(20(25)28)18-16-8-15(17(13)18)21(29)26(22(16)30)24-12-5-10(3)4-11(6-12)23(31)32/h4-6,9,13-18,24H,7-8H2,1-3H3,(H,31,32). The SMILES string of the molecule is Cc1cc(NN2C(=O)C3CC(C2=O)C2C4CC(C(=O)N(C(C)C)C4=O)C32)cc(C(=O)O)c1. The number of nitrogens with zero attached hydrogens (tertiary/aromatic N) is 2. The van der Waals surface area contributed by atoms with Crippen LogP contribution in [0.15, 0.2) is 18.2 Å². The van der Waals surface area contributed by atoms with Crippen molar-refractivity contribution in [3.8, 4) is 0 Å². The fourth-order valence-electron chi connectivity index (χ4n) is 6.50. The van der Waals surface area contributed by atoms with Gasteiger partial charge in [0.15, 0.2) is 0 Å². The molecule has 2 N–H and O–H groups in total. The molecule has 0 spiro atoms. The smallest absolute Gasteiger partial charge is 0.335 e. The van der Waals surface area contributed by atoms with E-state index >= 15 is 0 Å². The Morgan fingerprint density at radius 2 is 1.41 bits per heavy atom. The highest BCUT2D eigenvalue weighted by Gasteiger charge is 2.68. The van der Waals surface area contributed by atoms with Gasteiger partial charge in [0.25, 0.3) is 11.8 Å². The molecule has 4 amide bonds. The van der Waals surface area contributed by atoms with E-state index in [1.807, 2.05) is 0 Å². The Morgan fingerprint density at radius 1 is 0.906 bits per heavy atom. The van der Waals surface area contributed by atoms with Crippen molar-refractivity contribution in [1.82, 2.24) is 9.91 Å². The van der Waals surface area contributed by atoms with Crippen LogP contribution in [0.4, 0.5) is 5.69 Å². The second-order valence-corrected chi connectivity index (χ2v) is 9.71. The molecule has 4 bridgehead atoms. The number of likely N-dealkylation sites (tertiary alicyclic amines) is 1. The number of carboxylic acid groups (broad SMARTS) is 1. The summed E-state index contributed by atoms with van der Waals surface area (Å²) in [7, 11) is 0. The molecular formula is C23H25N3O6. The van der Waals surface area contributed by atoms with Crippen LogP contribution < -0.4 is 5.43 Å². The van der Waals surface area contributed by atoms with Gasteiger partial charge in [0.05, 0.1) is 11.3 Å².